The Morgan fingerprint density at radius 3 is 1.59 bits per heavy atom. The van der Waals surface area contributed by atoms with Gasteiger partial charge in [0.25, 0.3) is 0 Å². The lowest BCUT2D eigenvalue weighted by molar-refractivity contribution is -0.146. The van der Waals surface area contributed by atoms with Crippen molar-refractivity contribution in [1.29, 1.82) is 0 Å². The van der Waals surface area contributed by atoms with Gasteiger partial charge in [0.15, 0.2) is 0 Å². The van der Waals surface area contributed by atoms with Crippen molar-refractivity contribution in [1.82, 2.24) is 0 Å². The first-order valence-corrected chi connectivity index (χ1v) is 15.8. The molecule has 0 saturated carbocycles. The quantitative estimate of drug-likeness (QED) is 0.116. The highest BCUT2D eigenvalue weighted by atomic mass is 32.2. The summed E-state index contributed by atoms with van der Waals surface area (Å²) < 4.78 is 10.2. The zero-order valence-electron chi connectivity index (χ0n) is 21.9. The van der Waals surface area contributed by atoms with Crippen molar-refractivity contribution in [2.75, 3.05) is 24.7 Å². The predicted octanol–water partition coefficient (Wildman–Crippen LogP) is 8.31. The molecule has 0 N–H and O–H groups in total. The number of ether oxygens (including phenoxy) is 2. The molecule has 0 unspecified atom stereocenters. The number of carbonyl (C=O) groups excluding carboxylic acids is 3. The Bertz CT molecular complexity index is 581. The van der Waals surface area contributed by atoms with Crippen LogP contribution in [0.15, 0.2) is 10.8 Å². The standard InChI is InChI=1S/C25H44O5S4/c1-8-10-18-31-20(3)33-24(4,5)21(26)29-16-14-12-13-15-17-30-22(27)25(6,7)34-23(28)32-19-11-9-2/h3,8-19H2,1-2,4-7H3. The molecule has 0 aromatic rings. The van der Waals surface area contributed by atoms with Gasteiger partial charge in [-0.3, -0.25) is 14.4 Å². The first kappa shape index (κ1) is 33.8. The molecule has 0 atom stereocenters. The molecule has 0 aliphatic heterocycles. The molecule has 0 rings (SSSR count). The van der Waals surface area contributed by atoms with Gasteiger partial charge >= 0.3 is 11.9 Å². The maximum absolute atomic E-state index is 12.4. The fourth-order valence-electron chi connectivity index (χ4n) is 2.50. The predicted molar refractivity (Wildman–Crippen MR) is 153 cm³/mol. The molecule has 198 valence electrons. The smallest absolute Gasteiger partial charge is 0.322 e. The molecule has 0 radical (unpaired) electrons. The lowest BCUT2D eigenvalue weighted by Gasteiger charge is -2.22. The van der Waals surface area contributed by atoms with Gasteiger partial charge < -0.3 is 9.47 Å². The van der Waals surface area contributed by atoms with E-state index in [1.165, 1.54) is 23.5 Å². The van der Waals surface area contributed by atoms with Crippen LogP contribution in [0.5, 0.6) is 0 Å². The lowest BCUT2D eigenvalue weighted by atomic mass is 10.2. The SMILES string of the molecule is C=C(SCCCC)SC(C)(C)C(=O)OCCCCCCOC(=O)C(C)(C)SC(=O)SCCCC. The van der Waals surface area contributed by atoms with Crippen LogP contribution >= 0.6 is 47.0 Å². The van der Waals surface area contributed by atoms with Gasteiger partial charge in [-0.25, -0.2) is 0 Å². The summed E-state index contributed by atoms with van der Waals surface area (Å²) in [5.41, 5.74) is 0. The molecule has 0 bridgehead atoms. The number of unbranched alkanes of at least 4 members (excludes halogenated alkanes) is 5. The van der Waals surface area contributed by atoms with Crippen LogP contribution in [-0.2, 0) is 19.1 Å². The van der Waals surface area contributed by atoms with Gasteiger partial charge in [-0.05, 0) is 72.0 Å². The molecule has 0 aliphatic carbocycles. The Labute approximate surface area is 224 Å². The Morgan fingerprint density at radius 1 is 0.676 bits per heavy atom. The summed E-state index contributed by atoms with van der Waals surface area (Å²) in [5.74, 6) is 1.23. The van der Waals surface area contributed by atoms with Gasteiger partial charge in [-0.2, -0.15) is 0 Å². The van der Waals surface area contributed by atoms with E-state index in [1.54, 1.807) is 25.6 Å². The minimum atomic E-state index is -0.880. The molecule has 0 spiro atoms. The van der Waals surface area contributed by atoms with Gasteiger partial charge in [0, 0.05) is 9.99 Å². The Hall–Kier alpha value is -0.250. The van der Waals surface area contributed by atoms with Crippen molar-refractivity contribution in [2.45, 2.75) is 102 Å². The van der Waals surface area contributed by atoms with Gasteiger partial charge in [-0.15, -0.1) is 23.5 Å². The summed E-state index contributed by atoms with van der Waals surface area (Å²) in [4.78, 5) is 36.7. The number of thioether (sulfide) groups is 4. The van der Waals surface area contributed by atoms with Crippen molar-refractivity contribution in [3.05, 3.63) is 10.8 Å². The van der Waals surface area contributed by atoms with E-state index in [1.807, 2.05) is 13.8 Å². The van der Waals surface area contributed by atoms with E-state index in [2.05, 4.69) is 20.4 Å². The number of hydrogen-bond acceptors (Lipinski definition) is 9. The molecule has 5 nitrogen and oxygen atoms in total. The van der Waals surface area contributed by atoms with Gasteiger partial charge in [0.1, 0.15) is 9.49 Å². The van der Waals surface area contributed by atoms with Gasteiger partial charge in [0.2, 0.25) is 4.45 Å². The number of rotatable bonds is 19. The summed E-state index contributed by atoms with van der Waals surface area (Å²) in [6, 6.07) is 0. The van der Waals surface area contributed by atoms with Crippen LogP contribution in [0, 0.1) is 0 Å². The highest BCUT2D eigenvalue weighted by Gasteiger charge is 2.33. The Balaban J connectivity index is 3.97. The third-order valence-electron chi connectivity index (χ3n) is 4.67. The molecule has 0 aliphatic rings. The second-order valence-electron chi connectivity index (χ2n) is 8.94. The monoisotopic (exact) mass is 552 g/mol. The van der Waals surface area contributed by atoms with Crippen molar-refractivity contribution in [3.8, 4) is 0 Å². The summed E-state index contributed by atoms with van der Waals surface area (Å²) in [5, 5.41) is 0. The van der Waals surface area contributed by atoms with Crippen molar-refractivity contribution < 1.29 is 23.9 Å². The summed E-state index contributed by atoms with van der Waals surface area (Å²) in [6.45, 7) is 16.2. The van der Waals surface area contributed by atoms with Crippen LogP contribution in [0.1, 0.15) is 92.9 Å². The zero-order valence-corrected chi connectivity index (χ0v) is 25.1. The minimum Gasteiger partial charge on any atom is -0.465 e. The highest BCUT2D eigenvalue weighted by Crippen LogP contribution is 2.38. The first-order chi connectivity index (χ1) is 16.0. The van der Waals surface area contributed by atoms with Crippen LogP contribution in [0.4, 0.5) is 4.79 Å². The molecule has 34 heavy (non-hydrogen) atoms. The summed E-state index contributed by atoms with van der Waals surface area (Å²) in [7, 11) is 0. The van der Waals surface area contributed by atoms with Gasteiger partial charge in [-0.1, -0.05) is 56.8 Å². The zero-order chi connectivity index (χ0) is 26.0. The molecular weight excluding hydrogens is 509 g/mol. The number of esters is 2. The van der Waals surface area contributed by atoms with E-state index in [4.69, 9.17) is 9.47 Å². The average molecular weight is 553 g/mol. The van der Waals surface area contributed by atoms with Crippen molar-refractivity contribution in [2.24, 2.45) is 0 Å². The van der Waals surface area contributed by atoms with E-state index in [-0.39, 0.29) is 16.4 Å². The molecule has 0 fully saturated rings. The van der Waals surface area contributed by atoms with E-state index in [0.29, 0.717) is 13.2 Å². The summed E-state index contributed by atoms with van der Waals surface area (Å²) in [6.07, 6.45) is 7.62. The van der Waals surface area contributed by atoms with Gasteiger partial charge in [0.05, 0.1) is 13.2 Å². The molecule has 0 heterocycles. The fraction of sp³-hybridized carbons (Fsp3) is 0.800. The van der Waals surface area contributed by atoms with Crippen molar-refractivity contribution >= 4 is 63.4 Å². The third kappa shape index (κ3) is 16.4. The topological polar surface area (TPSA) is 69.7 Å². The van der Waals surface area contributed by atoms with Crippen LogP contribution in [-0.4, -0.2) is 50.6 Å². The largest absolute Gasteiger partial charge is 0.465 e. The van der Waals surface area contributed by atoms with Crippen LogP contribution in [0.25, 0.3) is 0 Å². The molecule has 0 aromatic heterocycles. The van der Waals surface area contributed by atoms with Crippen LogP contribution < -0.4 is 0 Å². The summed E-state index contributed by atoms with van der Waals surface area (Å²) >= 11 is 5.48. The van der Waals surface area contributed by atoms with Crippen LogP contribution in [0.2, 0.25) is 0 Å². The molecule has 0 aromatic carbocycles. The van der Waals surface area contributed by atoms with Crippen LogP contribution in [0.3, 0.4) is 0 Å². The maximum Gasteiger partial charge on any atom is 0.322 e. The third-order valence-corrected chi connectivity index (χ3v) is 9.17. The first-order valence-electron chi connectivity index (χ1n) is 12.2. The Kier molecular flexibility index (Phi) is 18.8. The fourth-order valence-corrected chi connectivity index (χ4v) is 7.25. The normalized spacial score (nSPS) is 11.8. The highest BCUT2D eigenvalue weighted by molar-refractivity contribution is 8.39. The second-order valence-corrected chi connectivity index (χ2v) is 15.0. The van der Waals surface area contributed by atoms with Crippen molar-refractivity contribution in [3.63, 3.8) is 0 Å². The minimum absolute atomic E-state index is 0.0360. The molecular formula is C25H44O5S4. The number of hydrogen-bond donors (Lipinski definition) is 0. The molecule has 9 heteroatoms. The maximum atomic E-state index is 12.4. The molecule has 0 amide bonds. The van der Waals surface area contributed by atoms with E-state index in [9.17, 15) is 14.4 Å². The lowest BCUT2D eigenvalue weighted by Crippen LogP contribution is -2.31. The molecule has 0 saturated heterocycles. The van der Waals surface area contributed by atoms with E-state index in [0.717, 1.165) is 78.9 Å². The van der Waals surface area contributed by atoms with E-state index >= 15 is 0 Å². The van der Waals surface area contributed by atoms with E-state index < -0.39 is 9.49 Å². The number of carbonyl (C=O) groups is 3. The second kappa shape index (κ2) is 18.9. The average Bonchev–Trinajstić information content (AvgIpc) is 2.74. The Morgan fingerprint density at radius 2 is 1.12 bits per heavy atom.